The second-order valence-electron chi connectivity index (χ2n) is 8.78. The van der Waals surface area contributed by atoms with Gasteiger partial charge in [0.15, 0.2) is 34.7 Å². The van der Waals surface area contributed by atoms with Crippen molar-refractivity contribution in [2.24, 2.45) is 10.2 Å². The molecule has 0 aliphatic carbocycles. The number of aryl methyl sites for hydroxylation is 1. The third-order valence-electron chi connectivity index (χ3n) is 6.13. The fraction of sp³-hybridized carbons (Fsp3) is 0.214. The van der Waals surface area contributed by atoms with Gasteiger partial charge in [-0.25, -0.2) is 9.67 Å². The maximum Gasteiger partial charge on any atom is 0.195 e. The Balaban J connectivity index is 1.41. The van der Waals surface area contributed by atoms with E-state index >= 15 is 0 Å². The Morgan fingerprint density at radius 3 is 2.45 bits per heavy atom. The zero-order valence-electron chi connectivity index (χ0n) is 22.3. The van der Waals surface area contributed by atoms with Crippen LogP contribution < -0.4 is 20.1 Å². The number of nitrogens with one attached hydrogen (secondary N) is 1. The van der Waals surface area contributed by atoms with Crippen LogP contribution in [-0.4, -0.2) is 20.9 Å². The van der Waals surface area contributed by atoms with Gasteiger partial charge in [-0.1, -0.05) is 65.9 Å². The molecule has 2 aromatic heterocycles. The van der Waals surface area contributed by atoms with E-state index in [0.717, 1.165) is 46.5 Å². The number of nitrogens with zero attached hydrogens (tertiary/aromatic N) is 5. The lowest BCUT2D eigenvalue weighted by atomic mass is 10.1. The molecular weight excluding hydrogens is 546 g/mol. The van der Waals surface area contributed by atoms with Crippen LogP contribution in [-0.2, 0) is 4.33 Å². The second kappa shape index (κ2) is 12.8. The molecule has 5 aromatic rings. The van der Waals surface area contributed by atoms with Crippen LogP contribution in [0.2, 0.25) is 0 Å². The van der Waals surface area contributed by atoms with Crippen molar-refractivity contribution in [3.05, 3.63) is 78.5 Å². The normalized spacial score (nSPS) is 11.5. The molecule has 40 heavy (non-hydrogen) atoms. The first-order valence-corrected chi connectivity index (χ1v) is 14.4. The second-order valence-corrected chi connectivity index (χ2v) is 10.3. The fourth-order valence-electron chi connectivity index (χ4n) is 3.97. The molecule has 12 heteroatoms. The zero-order valence-corrected chi connectivity index (χ0v) is 23.9. The first-order valence-electron chi connectivity index (χ1n) is 12.8. The van der Waals surface area contributed by atoms with Gasteiger partial charge in [0.1, 0.15) is 11.4 Å². The van der Waals surface area contributed by atoms with Crippen molar-refractivity contribution in [3.8, 4) is 17.2 Å². The maximum absolute atomic E-state index is 6.42. The Morgan fingerprint density at radius 2 is 1.73 bits per heavy atom. The third kappa shape index (κ3) is 6.19. The van der Waals surface area contributed by atoms with Crippen LogP contribution in [0.5, 0.6) is 11.5 Å². The van der Waals surface area contributed by atoms with Gasteiger partial charge >= 0.3 is 0 Å². The van der Waals surface area contributed by atoms with Gasteiger partial charge in [-0.15, -0.1) is 10.2 Å². The van der Waals surface area contributed by atoms with Crippen LogP contribution in [0.4, 0.5) is 22.3 Å². The lowest BCUT2D eigenvalue weighted by molar-refractivity contribution is -0.0771. The van der Waals surface area contributed by atoms with E-state index < -0.39 is 0 Å². The Labute approximate surface area is 240 Å². The van der Waals surface area contributed by atoms with Crippen LogP contribution in [0.1, 0.15) is 32.3 Å². The molecule has 0 amide bonds. The van der Waals surface area contributed by atoms with Gasteiger partial charge in [0, 0.05) is 5.56 Å². The van der Waals surface area contributed by atoms with Gasteiger partial charge in [0.2, 0.25) is 0 Å². The molecule has 3 N–H and O–H groups in total. The SMILES string of the molecule is CCC(CC)Oc1c(N=Nc2cnn(-c3ccccc3)c2N)cc2sc(NSOOc3ccccc3)nc2c1C. The minimum absolute atomic E-state index is 0.0336. The number of anilines is 2. The van der Waals surface area contributed by atoms with Crippen molar-refractivity contribution in [3.63, 3.8) is 0 Å². The molecule has 0 spiro atoms. The molecule has 0 aliphatic heterocycles. The topological polar surface area (TPSA) is 121 Å². The van der Waals surface area contributed by atoms with E-state index in [1.165, 1.54) is 11.3 Å². The molecule has 0 saturated carbocycles. The minimum Gasteiger partial charge on any atom is -0.488 e. The Hall–Kier alpha value is -4.13. The Bertz CT molecular complexity index is 1590. The molecular formula is C28H29N7O3S2. The summed E-state index contributed by atoms with van der Waals surface area (Å²) < 4.78 is 17.3. The molecule has 0 aliphatic rings. The summed E-state index contributed by atoms with van der Waals surface area (Å²) in [5.41, 5.74) is 9.95. The van der Waals surface area contributed by atoms with Gasteiger partial charge in [-0.2, -0.15) is 5.10 Å². The number of azo groups is 1. The summed E-state index contributed by atoms with van der Waals surface area (Å²) in [5, 5.41) is 14.1. The van der Waals surface area contributed by atoms with Gasteiger partial charge in [-0.05, 0) is 50.1 Å². The summed E-state index contributed by atoms with van der Waals surface area (Å²) in [6, 6.07) is 20.8. The molecule has 0 bridgehead atoms. The smallest absolute Gasteiger partial charge is 0.195 e. The lowest BCUT2D eigenvalue weighted by Gasteiger charge is -2.18. The molecule has 0 unspecified atom stereocenters. The predicted octanol–water partition coefficient (Wildman–Crippen LogP) is 8.34. The number of thiazole rings is 1. The van der Waals surface area contributed by atoms with Crippen LogP contribution in [0.25, 0.3) is 15.9 Å². The van der Waals surface area contributed by atoms with Crippen molar-refractivity contribution in [2.75, 3.05) is 10.5 Å². The summed E-state index contributed by atoms with van der Waals surface area (Å²) in [6.45, 7) is 6.18. The molecule has 3 aromatic carbocycles. The van der Waals surface area contributed by atoms with E-state index in [4.69, 9.17) is 24.7 Å². The molecule has 5 rings (SSSR count). The van der Waals surface area contributed by atoms with E-state index in [1.807, 2.05) is 61.5 Å². The molecule has 10 nitrogen and oxygen atoms in total. The van der Waals surface area contributed by atoms with Crippen molar-refractivity contribution in [1.82, 2.24) is 14.8 Å². The van der Waals surface area contributed by atoms with E-state index in [-0.39, 0.29) is 6.10 Å². The van der Waals surface area contributed by atoms with E-state index in [0.29, 0.717) is 33.8 Å². The first-order chi connectivity index (χ1) is 19.6. The first kappa shape index (κ1) is 27.4. The number of fused-ring (bicyclic) bond motifs is 1. The lowest BCUT2D eigenvalue weighted by Crippen LogP contribution is -2.14. The van der Waals surface area contributed by atoms with Crippen LogP contribution in [0.3, 0.4) is 0 Å². The molecule has 2 heterocycles. The molecule has 0 radical (unpaired) electrons. The molecule has 0 saturated heterocycles. The van der Waals surface area contributed by atoms with Crippen LogP contribution >= 0.6 is 23.6 Å². The third-order valence-corrected chi connectivity index (χ3v) is 7.59. The summed E-state index contributed by atoms with van der Waals surface area (Å²) >= 11 is 2.40. The van der Waals surface area contributed by atoms with Crippen LogP contribution in [0, 0.1) is 6.92 Å². The highest BCUT2D eigenvalue weighted by Crippen LogP contribution is 2.42. The van der Waals surface area contributed by atoms with E-state index in [2.05, 4.69) is 33.9 Å². The Morgan fingerprint density at radius 1 is 1.02 bits per heavy atom. The molecule has 0 fully saturated rings. The van der Waals surface area contributed by atoms with Crippen molar-refractivity contribution < 1.29 is 14.0 Å². The average molecular weight is 576 g/mol. The average Bonchev–Trinajstić information content (AvgIpc) is 3.58. The number of nitrogens with two attached hydrogens (primary N) is 1. The van der Waals surface area contributed by atoms with Gasteiger partial charge in [-0.3, -0.25) is 4.72 Å². The number of hydrogen-bond acceptors (Lipinski definition) is 11. The summed E-state index contributed by atoms with van der Waals surface area (Å²) in [6.07, 6.45) is 3.36. The van der Waals surface area contributed by atoms with Gasteiger partial charge in [0.25, 0.3) is 0 Å². The van der Waals surface area contributed by atoms with Crippen molar-refractivity contribution in [2.45, 2.75) is 39.7 Å². The maximum atomic E-state index is 6.42. The zero-order chi connectivity index (χ0) is 27.9. The monoisotopic (exact) mass is 575 g/mol. The van der Waals surface area contributed by atoms with Crippen molar-refractivity contribution in [1.29, 1.82) is 0 Å². The summed E-state index contributed by atoms with van der Waals surface area (Å²) in [5.74, 6) is 1.64. The number of nitrogen functional groups attached to an aromatic ring is 1. The number of para-hydroxylation sites is 2. The summed E-state index contributed by atoms with van der Waals surface area (Å²) in [7, 11) is 0. The van der Waals surface area contributed by atoms with Crippen LogP contribution in [0.15, 0.2) is 83.2 Å². The molecule has 0 atom stereocenters. The number of rotatable bonds is 12. The number of benzene rings is 3. The summed E-state index contributed by atoms with van der Waals surface area (Å²) in [4.78, 5) is 10.0. The quantitative estimate of drug-likeness (QED) is 0.0380. The van der Waals surface area contributed by atoms with E-state index in [1.54, 1.807) is 23.0 Å². The highest BCUT2D eigenvalue weighted by Gasteiger charge is 2.19. The standard InChI is InChI=1S/C28H29N7O3S2/c1-4-20(5-2)36-26-18(3)25-24(39-28(31-25)34-40-38-37-21-14-10-7-11-15-21)16-22(26)32-33-23-17-30-35(27(23)29)19-12-8-6-9-13-19/h6-17,20H,4-5,29H2,1-3H3,(H,31,34). The largest absolute Gasteiger partial charge is 0.488 e. The number of hydrogen-bond donors (Lipinski definition) is 2. The van der Waals surface area contributed by atoms with Gasteiger partial charge in [0.05, 0.1) is 28.2 Å². The minimum atomic E-state index is 0.0336. The van der Waals surface area contributed by atoms with E-state index in [9.17, 15) is 0 Å². The molecule has 206 valence electrons. The number of ether oxygens (including phenoxy) is 1. The highest BCUT2D eigenvalue weighted by molar-refractivity contribution is 7.96. The fourth-order valence-corrected chi connectivity index (χ4v) is 5.31. The number of aromatic nitrogens is 3. The van der Waals surface area contributed by atoms with Gasteiger partial charge < -0.3 is 15.4 Å². The van der Waals surface area contributed by atoms with Crippen molar-refractivity contribution >= 4 is 56.1 Å². The highest BCUT2D eigenvalue weighted by atomic mass is 32.2. The predicted molar refractivity (Wildman–Crippen MR) is 161 cm³/mol. The Kier molecular flexibility index (Phi) is 8.79.